The monoisotopic (exact) mass is 427 g/mol. The normalized spacial score (nSPS) is 22.0. The molecule has 0 spiro atoms. The van der Waals surface area contributed by atoms with Crippen LogP contribution in [0.25, 0.3) is 0 Å². The number of piperazine rings is 1. The van der Waals surface area contributed by atoms with Gasteiger partial charge in [-0.05, 0) is 62.8 Å². The molecule has 31 heavy (non-hydrogen) atoms. The van der Waals surface area contributed by atoms with Gasteiger partial charge in [-0.3, -0.25) is 4.90 Å². The summed E-state index contributed by atoms with van der Waals surface area (Å²) < 4.78 is 26.3. The summed E-state index contributed by atoms with van der Waals surface area (Å²) in [6, 6.07) is 9.06. The molecule has 1 aromatic rings. The van der Waals surface area contributed by atoms with Crippen LogP contribution in [-0.4, -0.2) is 43.7 Å². The maximum Gasteiger partial charge on any atom is 0.263 e. The summed E-state index contributed by atoms with van der Waals surface area (Å²) in [4.78, 5) is 4.56. The lowest BCUT2D eigenvalue weighted by Crippen LogP contribution is -2.47. The molecule has 1 aliphatic heterocycles. The Kier molecular flexibility index (Phi) is 8.26. The molecule has 166 valence electrons. The van der Waals surface area contributed by atoms with Crippen molar-refractivity contribution in [1.29, 1.82) is 10.5 Å². The smallest absolute Gasteiger partial charge is 0.263 e. The zero-order valence-electron chi connectivity index (χ0n) is 18.0. The van der Waals surface area contributed by atoms with Crippen molar-refractivity contribution in [2.24, 2.45) is 5.92 Å². The topological polar surface area (TPSA) is 66.1 Å². The second kappa shape index (κ2) is 11.1. The van der Waals surface area contributed by atoms with Gasteiger partial charge in [0, 0.05) is 49.2 Å². The molecule has 1 saturated heterocycles. The molecule has 3 rings (SSSR count). The molecule has 2 fully saturated rings. The third-order valence-electron chi connectivity index (χ3n) is 6.46. The van der Waals surface area contributed by atoms with E-state index in [1.54, 1.807) is 6.07 Å². The molecule has 0 amide bonds. The van der Waals surface area contributed by atoms with Gasteiger partial charge in [0.1, 0.15) is 0 Å². The van der Waals surface area contributed by atoms with Crippen molar-refractivity contribution in [2.75, 3.05) is 37.6 Å². The highest BCUT2D eigenvalue weighted by Gasteiger charge is 2.24. The van der Waals surface area contributed by atoms with Gasteiger partial charge in [0.25, 0.3) is 6.43 Å². The van der Waals surface area contributed by atoms with E-state index in [1.807, 2.05) is 6.07 Å². The number of alkyl halides is 2. The number of hydrogen-bond acceptors (Lipinski definition) is 5. The molecule has 0 radical (unpaired) electrons. The molecule has 0 bridgehead atoms. The van der Waals surface area contributed by atoms with Crippen molar-refractivity contribution in [1.82, 2.24) is 10.2 Å². The third kappa shape index (κ3) is 6.67. The molecule has 1 N–H and O–H groups in total. The van der Waals surface area contributed by atoms with Crippen LogP contribution in [0.15, 0.2) is 30.5 Å². The van der Waals surface area contributed by atoms with Crippen LogP contribution in [0, 0.1) is 28.6 Å². The van der Waals surface area contributed by atoms with E-state index in [4.69, 9.17) is 10.5 Å². The first-order chi connectivity index (χ1) is 15.0. The zero-order valence-corrected chi connectivity index (χ0v) is 18.0. The number of nitrogens with one attached hydrogen (secondary N) is 1. The number of halogens is 2. The fourth-order valence-electron chi connectivity index (χ4n) is 4.63. The van der Waals surface area contributed by atoms with E-state index in [0.29, 0.717) is 12.5 Å². The number of rotatable bonds is 8. The Morgan fingerprint density at radius 1 is 1.10 bits per heavy atom. The number of nitrogens with zero attached hydrogens (tertiary/aromatic N) is 4. The van der Waals surface area contributed by atoms with Crippen LogP contribution >= 0.6 is 0 Å². The molecule has 1 aliphatic carbocycles. The average molecular weight is 428 g/mol. The standard InChI is InChI=1S/C24H31F2N5/c1-18(6-8-27)29-22-4-2-19(3-5-22)7-9-30-10-12-31(13-11-30)23-15-20(17-28)14-21(16-23)24(25)26/h14-16,19,22,24,29H,1-7,9-13H2. The molecule has 0 atom stereocenters. The fourth-order valence-corrected chi connectivity index (χ4v) is 4.63. The van der Waals surface area contributed by atoms with Crippen LogP contribution in [0.2, 0.25) is 0 Å². The van der Waals surface area contributed by atoms with E-state index >= 15 is 0 Å². The second-order valence-corrected chi connectivity index (χ2v) is 8.64. The van der Waals surface area contributed by atoms with Gasteiger partial charge in [0.05, 0.1) is 24.1 Å². The van der Waals surface area contributed by atoms with Crippen molar-refractivity contribution < 1.29 is 8.78 Å². The Bertz CT molecular complexity index is 825. The van der Waals surface area contributed by atoms with Gasteiger partial charge in [0.2, 0.25) is 0 Å². The Labute approximate surface area is 183 Å². The summed E-state index contributed by atoms with van der Waals surface area (Å²) in [5.74, 6) is 0.737. The van der Waals surface area contributed by atoms with Crippen LogP contribution in [0.3, 0.4) is 0 Å². The molecule has 0 aromatic heterocycles. The van der Waals surface area contributed by atoms with Crippen LogP contribution in [-0.2, 0) is 0 Å². The quantitative estimate of drug-likeness (QED) is 0.658. The number of nitriles is 2. The summed E-state index contributed by atoms with van der Waals surface area (Å²) >= 11 is 0. The Morgan fingerprint density at radius 3 is 2.42 bits per heavy atom. The van der Waals surface area contributed by atoms with Crippen molar-refractivity contribution >= 4 is 5.69 Å². The van der Waals surface area contributed by atoms with Gasteiger partial charge in [-0.1, -0.05) is 6.58 Å². The van der Waals surface area contributed by atoms with E-state index in [2.05, 4.69) is 27.8 Å². The highest BCUT2D eigenvalue weighted by Crippen LogP contribution is 2.29. The summed E-state index contributed by atoms with van der Waals surface area (Å²) in [6.45, 7) is 8.37. The minimum Gasteiger partial charge on any atom is -0.385 e. The second-order valence-electron chi connectivity index (χ2n) is 8.64. The number of hydrogen-bond donors (Lipinski definition) is 1. The Morgan fingerprint density at radius 2 is 1.81 bits per heavy atom. The van der Waals surface area contributed by atoms with Crippen molar-refractivity contribution in [3.63, 3.8) is 0 Å². The third-order valence-corrected chi connectivity index (χ3v) is 6.46. The highest BCUT2D eigenvalue weighted by molar-refractivity contribution is 5.54. The molecular formula is C24H31F2N5. The molecular weight excluding hydrogens is 396 g/mol. The van der Waals surface area contributed by atoms with Gasteiger partial charge in [-0.25, -0.2) is 8.78 Å². The summed E-state index contributed by atoms with van der Waals surface area (Å²) in [5, 5.41) is 21.3. The summed E-state index contributed by atoms with van der Waals surface area (Å²) in [6.07, 6.45) is 3.66. The average Bonchev–Trinajstić information content (AvgIpc) is 2.78. The highest BCUT2D eigenvalue weighted by atomic mass is 19.3. The maximum absolute atomic E-state index is 13.1. The first kappa shape index (κ1) is 23.0. The minimum atomic E-state index is -2.57. The van der Waals surface area contributed by atoms with Crippen molar-refractivity contribution in [3.05, 3.63) is 41.6 Å². The molecule has 0 unspecified atom stereocenters. The molecule has 7 heteroatoms. The lowest BCUT2D eigenvalue weighted by molar-refractivity contribution is 0.151. The SMILES string of the molecule is C=C(CC#N)NC1CCC(CCN2CCN(c3cc(C#N)cc(C(F)F)c3)CC2)CC1. The number of allylic oxidation sites excluding steroid dienone is 1. The van der Waals surface area contributed by atoms with Gasteiger partial charge in [0.15, 0.2) is 0 Å². The van der Waals surface area contributed by atoms with E-state index in [1.165, 1.54) is 31.4 Å². The lowest BCUT2D eigenvalue weighted by atomic mass is 9.84. The van der Waals surface area contributed by atoms with Gasteiger partial charge >= 0.3 is 0 Å². The predicted molar refractivity (Wildman–Crippen MR) is 118 cm³/mol. The van der Waals surface area contributed by atoms with E-state index < -0.39 is 6.43 Å². The Balaban J connectivity index is 1.41. The molecule has 2 aliphatic rings. The molecule has 1 aromatic carbocycles. The zero-order chi connectivity index (χ0) is 22.2. The van der Waals surface area contributed by atoms with Crippen LogP contribution in [0.4, 0.5) is 14.5 Å². The predicted octanol–water partition coefficient (Wildman–Crippen LogP) is 4.58. The van der Waals surface area contributed by atoms with Crippen LogP contribution in [0.5, 0.6) is 0 Å². The first-order valence-corrected chi connectivity index (χ1v) is 11.1. The molecule has 5 nitrogen and oxygen atoms in total. The summed E-state index contributed by atoms with van der Waals surface area (Å²) in [5.41, 5.74) is 1.75. The van der Waals surface area contributed by atoms with Gasteiger partial charge < -0.3 is 10.2 Å². The van der Waals surface area contributed by atoms with E-state index in [-0.39, 0.29) is 11.1 Å². The number of anilines is 1. The minimum absolute atomic E-state index is 0.0854. The first-order valence-electron chi connectivity index (χ1n) is 11.1. The van der Waals surface area contributed by atoms with E-state index in [0.717, 1.165) is 62.9 Å². The Hall–Kier alpha value is -2.64. The largest absolute Gasteiger partial charge is 0.385 e. The van der Waals surface area contributed by atoms with Crippen molar-refractivity contribution in [2.45, 2.75) is 51.0 Å². The molecule has 1 saturated carbocycles. The van der Waals surface area contributed by atoms with Crippen molar-refractivity contribution in [3.8, 4) is 12.1 Å². The lowest BCUT2D eigenvalue weighted by Gasteiger charge is -2.37. The van der Waals surface area contributed by atoms with Crippen LogP contribution in [0.1, 0.15) is 56.1 Å². The fraction of sp³-hybridized carbons (Fsp3) is 0.583. The van der Waals surface area contributed by atoms with E-state index in [9.17, 15) is 8.78 Å². The van der Waals surface area contributed by atoms with Crippen LogP contribution < -0.4 is 10.2 Å². The molecule has 1 heterocycles. The summed E-state index contributed by atoms with van der Waals surface area (Å²) in [7, 11) is 0. The van der Waals surface area contributed by atoms with Gasteiger partial charge in [-0.15, -0.1) is 0 Å². The van der Waals surface area contributed by atoms with Gasteiger partial charge in [-0.2, -0.15) is 10.5 Å². The maximum atomic E-state index is 13.1. The number of benzene rings is 1.